The Kier molecular flexibility index (Phi) is 5.59. The molecule has 0 spiro atoms. The molecule has 1 atom stereocenters. The van der Waals surface area contributed by atoms with Crippen molar-refractivity contribution in [3.05, 3.63) is 65.4 Å². The number of hydrogen-bond acceptors (Lipinski definition) is 6. The highest BCUT2D eigenvalue weighted by Crippen LogP contribution is 2.33. The number of rotatable bonds is 6. The second-order valence-corrected chi connectivity index (χ2v) is 6.01. The number of hydrogen-bond donors (Lipinski definition) is 2. The third kappa shape index (κ3) is 4.47. The molecule has 0 aliphatic carbocycles. The number of aliphatic carboxylic acids is 1. The van der Waals surface area contributed by atoms with E-state index < -0.39 is 23.8 Å². The monoisotopic (exact) mass is 381 g/mol. The van der Waals surface area contributed by atoms with Gasteiger partial charge in [0.05, 0.1) is 12.0 Å². The first-order valence-electron chi connectivity index (χ1n) is 8.43. The molecule has 1 heterocycles. The van der Waals surface area contributed by atoms with E-state index in [1.165, 1.54) is 13.0 Å². The molecule has 1 aliphatic heterocycles. The standard InChI is InChI=1S/C20H18N2O6/c1-12(20(25)26)21-19(24)15(22-18(23)14-5-3-2-4-6-14)9-13-7-8-16-17(10-13)28-11-27-16/h2-10,12H,11H2,1H3,(H,21,24)(H,22,23)(H,25,26)/p-1/b15-9+/t12-/m0/s1. The number of fused-ring (bicyclic) bond motifs is 1. The van der Waals surface area contributed by atoms with Crippen LogP contribution in [0.15, 0.2) is 54.2 Å². The summed E-state index contributed by atoms with van der Waals surface area (Å²) in [5.74, 6) is -1.64. The number of nitrogens with one attached hydrogen (secondary N) is 2. The number of carboxylic acid groups (broad SMARTS) is 1. The minimum atomic E-state index is -1.44. The van der Waals surface area contributed by atoms with Crippen LogP contribution in [0.25, 0.3) is 6.08 Å². The fraction of sp³-hybridized carbons (Fsp3) is 0.150. The van der Waals surface area contributed by atoms with Crippen LogP contribution in [0.1, 0.15) is 22.8 Å². The number of carboxylic acids is 1. The third-order valence-electron chi connectivity index (χ3n) is 3.94. The first-order chi connectivity index (χ1) is 13.4. The summed E-state index contributed by atoms with van der Waals surface area (Å²) in [6.45, 7) is 1.37. The first-order valence-corrected chi connectivity index (χ1v) is 8.43. The number of benzene rings is 2. The van der Waals surface area contributed by atoms with Crippen molar-refractivity contribution in [3.63, 3.8) is 0 Å². The van der Waals surface area contributed by atoms with Crippen molar-refractivity contribution in [1.82, 2.24) is 10.6 Å². The second-order valence-electron chi connectivity index (χ2n) is 6.01. The molecule has 2 N–H and O–H groups in total. The fourth-order valence-electron chi connectivity index (χ4n) is 2.45. The Labute approximate surface area is 160 Å². The molecule has 2 amide bonds. The summed E-state index contributed by atoms with van der Waals surface area (Å²) in [7, 11) is 0. The van der Waals surface area contributed by atoms with E-state index in [9.17, 15) is 19.5 Å². The van der Waals surface area contributed by atoms with E-state index in [-0.39, 0.29) is 12.5 Å². The summed E-state index contributed by atoms with van der Waals surface area (Å²) in [5, 5.41) is 15.7. The van der Waals surface area contributed by atoms with Gasteiger partial charge in [-0.3, -0.25) is 9.59 Å². The summed E-state index contributed by atoms with van der Waals surface area (Å²) in [5.41, 5.74) is 0.782. The highest BCUT2D eigenvalue weighted by molar-refractivity contribution is 6.06. The maximum absolute atomic E-state index is 12.5. The zero-order valence-electron chi connectivity index (χ0n) is 14.9. The Morgan fingerprint density at radius 3 is 2.50 bits per heavy atom. The van der Waals surface area contributed by atoms with Crippen LogP contribution in [0, 0.1) is 0 Å². The Morgan fingerprint density at radius 1 is 1.07 bits per heavy atom. The van der Waals surface area contributed by atoms with E-state index in [2.05, 4.69) is 10.6 Å². The predicted octanol–water partition coefficient (Wildman–Crippen LogP) is 0.441. The lowest BCUT2D eigenvalue weighted by Gasteiger charge is -2.17. The van der Waals surface area contributed by atoms with E-state index in [0.29, 0.717) is 22.6 Å². The van der Waals surface area contributed by atoms with Crippen molar-refractivity contribution < 1.29 is 29.0 Å². The smallest absolute Gasteiger partial charge is 0.268 e. The maximum Gasteiger partial charge on any atom is 0.268 e. The van der Waals surface area contributed by atoms with Gasteiger partial charge in [0.25, 0.3) is 11.8 Å². The van der Waals surface area contributed by atoms with Gasteiger partial charge in [-0.2, -0.15) is 0 Å². The van der Waals surface area contributed by atoms with Gasteiger partial charge in [-0.1, -0.05) is 24.3 Å². The molecular formula is C20H17N2O6-. The molecule has 1 aliphatic rings. The Bertz CT molecular complexity index is 939. The van der Waals surface area contributed by atoms with E-state index >= 15 is 0 Å². The summed E-state index contributed by atoms with van der Waals surface area (Å²) in [6, 6.07) is 12.1. The van der Waals surface area contributed by atoms with Gasteiger partial charge in [0.1, 0.15) is 5.70 Å². The molecule has 2 aromatic carbocycles. The first kappa shape index (κ1) is 19.0. The molecule has 8 heteroatoms. The maximum atomic E-state index is 12.5. The van der Waals surface area contributed by atoms with Gasteiger partial charge in [0.2, 0.25) is 6.79 Å². The van der Waals surface area contributed by atoms with Crippen LogP contribution in [0.4, 0.5) is 0 Å². The number of ether oxygens (including phenoxy) is 2. The molecule has 28 heavy (non-hydrogen) atoms. The van der Waals surface area contributed by atoms with Crippen molar-refractivity contribution >= 4 is 23.9 Å². The molecule has 0 saturated carbocycles. The topological polar surface area (TPSA) is 117 Å². The minimum absolute atomic E-state index is 0.101. The number of carbonyl (C=O) groups excluding carboxylic acids is 3. The quantitative estimate of drug-likeness (QED) is 0.702. The predicted molar refractivity (Wildman–Crippen MR) is 97.1 cm³/mol. The Hall–Kier alpha value is -3.81. The summed E-state index contributed by atoms with van der Waals surface area (Å²) < 4.78 is 10.5. The number of amides is 2. The molecule has 0 bridgehead atoms. The minimum Gasteiger partial charge on any atom is -0.548 e. The fourth-order valence-corrected chi connectivity index (χ4v) is 2.45. The summed E-state index contributed by atoms with van der Waals surface area (Å²) in [6.07, 6.45) is 1.42. The van der Waals surface area contributed by atoms with Gasteiger partial charge in [-0.05, 0) is 42.8 Å². The average molecular weight is 381 g/mol. The molecule has 0 aromatic heterocycles. The van der Waals surface area contributed by atoms with Crippen molar-refractivity contribution in [2.45, 2.75) is 13.0 Å². The van der Waals surface area contributed by atoms with Gasteiger partial charge >= 0.3 is 0 Å². The van der Waals surface area contributed by atoms with Crippen molar-refractivity contribution in [2.75, 3.05) is 6.79 Å². The summed E-state index contributed by atoms with van der Waals surface area (Å²) >= 11 is 0. The van der Waals surface area contributed by atoms with Crippen LogP contribution >= 0.6 is 0 Å². The second kappa shape index (κ2) is 8.26. The Balaban J connectivity index is 1.88. The largest absolute Gasteiger partial charge is 0.548 e. The molecule has 8 nitrogen and oxygen atoms in total. The van der Waals surface area contributed by atoms with Gasteiger partial charge in [0.15, 0.2) is 11.5 Å². The third-order valence-corrected chi connectivity index (χ3v) is 3.94. The van der Waals surface area contributed by atoms with Gasteiger partial charge in [-0.25, -0.2) is 0 Å². The van der Waals surface area contributed by atoms with Crippen LogP contribution in [0.3, 0.4) is 0 Å². The van der Waals surface area contributed by atoms with Crippen LogP contribution < -0.4 is 25.2 Å². The SMILES string of the molecule is C[C@H](NC(=O)/C(=C\c1ccc2c(c1)OCO2)NC(=O)c1ccccc1)C(=O)[O-]. The van der Waals surface area contributed by atoms with Crippen molar-refractivity contribution in [2.24, 2.45) is 0 Å². The van der Waals surface area contributed by atoms with E-state index in [1.807, 2.05) is 0 Å². The van der Waals surface area contributed by atoms with Crippen LogP contribution in [0.5, 0.6) is 11.5 Å². The highest BCUT2D eigenvalue weighted by Gasteiger charge is 2.18. The van der Waals surface area contributed by atoms with Gasteiger partial charge < -0.3 is 30.0 Å². The van der Waals surface area contributed by atoms with E-state index in [4.69, 9.17) is 9.47 Å². The molecule has 0 radical (unpaired) electrons. The van der Waals surface area contributed by atoms with Crippen LogP contribution in [-0.2, 0) is 9.59 Å². The number of carbonyl (C=O) groups is 3. The van der Waals surface area contributed by atoms with Gasteiger partial charge in [0, 0.05) is 5.56 Å². The van der Waals surface area contributed by atoms with Crippen LogP contribution in [0.2, 0.25) is 0 Å². The van der Waals surface area contributed by atoms with Crippen molar-refractivity contribution in [1.29, 1.82) is 0 Å². The molecular weight excluding hydrogens is 364 g/mol. The van der Waals surface area contributed by atoms with Crippen LogP contribution in [-0.4, -0.2) is 30.6 Å². The van der Waals surface area contributed by atoms with E-state index in [1.54, 1.807) is 48.5 Å². The molecule has 0 saturated heterocycles. The summed E-state index contributed by atoms with van der Waals surface area (Å²) in [4.78, 5) is 35.9. The molecule has 3 rings (SSSR count). The molecule has 0 unspecified atom stereocenters. The van der Waals surface area contributed by atoms with Gasteiger partial charge in [-0.15, -0.1) is 0 Å². The lowest BCUT2D eigenvalue weighted by atomic mass is 10.1. The highest BCUT2D eigenvalue weighted by atomic mass is 16.7. The average Bonchev–Trinajstić information content (AvgIpc) is 3.15. The van der Waals surface area contributed by atoms with E-state index in [0.717, 1.165) is 0 Å². The molecule has 2 aromatic rings. The van der Waals surface area contributed by atoms with Crippen molar-refractivity contribution in [3.8, 4) is 11.5 Å². The normalized spacial score (nSPS) is 13.5. The lowest BCUT2D eigenvalue weighted by Crippen LogP contribution is -2.48. The molecule has 0 fully saturated rings. The molecule has 144 valence electrons. The Morgan fingerprint density at radius 2 is 1.79 bits per heavy atom. The zero-order chi connectivity index (χ0) is 20.1. The zero-order valence-corrected chi connectivity index (χ0v) is 14.9. The lowest BCUT2D eigenvalue weighted by molar-refractivity contribution is -0.307.